The molecule has 0 saturated carbocycles. The molecule has 0 radical (unpaired) electrons. The van der Waals surface area contributed by atoms with Gasteiger partial charge in [0.25, 0.3) is 0 Å². The molecule has 0 N–H and O–H groups in total. The summed E-state index contributed by atoms with van der Waals surface area (Å²) in [5, 5.41) is 0. The second kappa shape index (κ2) is 15.0. The van der Waals surface area contributed by atoms with E-state index in [1.54, 1.807) is 0 Å². The van der Waals surface area contributed by atoms with Gasteiger partial charge < -0.3 is 14.0 Å². The van der Waals surface area contributed by atoms with E-state index in [1.807, 2.05) is 45.0 Å². The molecule has 258 valence electrons. The van der Waals surface area contributed by atoms with Gasteiger partial charge in [-0.25, -0.2) is 13.2 Å². The lowest BCUT2D eigenvalue weighted by Crippen LogP contribution is -2.27. The van der Waals surface area contributed by atoms with Gasteiger partial charge in [0.2, 0.25) is 0 Å². The molecule has 0 spiro atoms. The summed E-state index contributed by atoms with van der Waals surface area (Å²) in [6.07, 6.45) is -10.5. The van der Waals surface area contributed by atoms with Gasteiger partial charge in [0.05, 0.1) is 26.9 Å². The smallest absolute Gasteiger partial charge is 0.417 e. The third-order valence-electron chi connectivity index (χ3n) is 6.25. The van der Waals surface area contributed by atoms with E-state index in [0.29, 0.717) is 5.75 Å². The van der Waals surface area contributed by atoms with Crippen molar-refractivity contribution >= 4 is 27.0 Å². The number of carbonyl (C=O) groups excluding carboxylic acids is 1. The molecule has 0 aliphatic rings. The Bertz CT molecular complexity index is 1760. The van der Waals surface area contributed by atoms with E-state index in [1.165, 1.54) is 14.7 Å². The fourth-order valence-corrected chi connectivity index (χ4v) is 7.50. The van der Waals surface area contributed by atoms with Crippen molar-refractivity contribution < 1.29 is 53.6 Å². The van der Waals surface area contributed by atoms with E-state index < -0.39 is 50.2 Å². The Morgan fingerprint density at radius 3 is 1.62 bits per heavy atom. The van der Waals surface area contributed by atoms with Crippen LogP contribution in [0.15, 0.2) is 111 Å². The predicted octanol–water partition coefficient (Wildman–Crippen LogP) is 8.75. The van der Waals surface area contributed by atoms with Crippen molar-refractivity contribution in [2.75, 3.05) is 6.61 Å². The van der Waals surface area contributed by atoms with Crippen LogP contribution in [-0.4, -0.2) is 31.1 Å². The van der Waals surface area contributed by atoms with Gasteiger partial charge in [-0.05, 0) is 89.2 Å². The lowest BCUT2D eigenvalue weighted by atomic mass is 10.1. The zero-order valence-electron chi connectivity index (χ0n) is 26.4. The van der Waals surface area contributed by atoms with Crippen LogP contribution in [0.2, 0.25) is 0 Å². The molecule has 0 atom stereocenters. The fourth-order valence-electron chi connectivity index (χ4n) is 4.46. The molecule has 0 heterocycles. The van der Waals surface area contributed by atoms with E-state index in [-0.39, 0.29) is 35.6 Å². The molecule has 0 bridgehead atoms. The highest BCUT2D eigenvalue weighted by atomic mass is 32.2. The molecule has 0 amide bonds. The molecule has 0 aliphatic carbocycles. The van der Waals surface area contributed by atoms with E-state index >= 15 is 0 Å². The Balaban J connectivity index is 0.000000297. The average molecular weight is 715 g/mol. The summed E-state index contributed by atoms with van der Waals surface area (Å²) in [6, 6.07) is 24.9. The molecule has 4 rings (SSSR count). The van der Waals surface area contributed by atoms with Crippen molar-refractivity contribution in [1.29, 1.82) is 0 Å². The molecular weight excluding hydrogens is 682 g/mol. The topological polar surface area (TPSA) is 92.7 Å². The number of halogens is 6. The molecule has 6 nitrogen and oxygen atoms in total. The maximum atomic E-state index is 12.4. The van der Waals surface area contributed by atoms with Gasteiger partial charge in [-0.3, -0.25) is 0 Å². The van der Waals surface area contributed by atoms with Gasteiger partial charge in [-0.15, -0.1) is 0 Å². The third-order valence-corrected chi connectivity index (χ3v) is 9.69. The lowest BCUT2D eigenvalue weighted by molar-refractivity contribution is -0.157. The second-order valence-electron chi connectivity index (χ2n) is 11.4. The minimum absolute atomic E-state index is 0.00597. The molecule has 4 aromatic carbocycles. The molecular formula is C34H32F6O6S2. The first kappa shape index (κ1) is 38.4. The summed E-state index contributed by atoms with van der Waals surface area (Å²) in [4.78, 5) is 14.1. The van der Waals surface area contributed by atoms with Crippen LogP contribution in [0.25, 0.3) is 0 Å². The van der Waals surface area contributed by atoms with Gasteiger partial charge in [0.15, 0.2) is 21.3 Å². The van der Waals surface area contributed by atoms with Crippen LogP contribution in [0.3, 0.4) is 0 Å². The highest BCUT2D eigenvalue weighted by Gasteiger charge is 2.39. The lowest BCUT2D eigenvalue weighted by Gasteiger charge is -2.19. The number of carbonyl (C=O) groups is 1. The van der Waals surface area contributed by atoms with E-state index in [9.17, 15) is 44.1 Å². The zero-order chi connectivity index (χ0) is 36.1. The summed E-state index contributed by atoms with van der Waals surface area (Å²) in [5.41, 5.74) is -2.06. The highest BCUT2D eigenvalue weighted by Crippen LogP contribution is 2.39. The zero-order valence-corrected chi connectivity index (χ0v) is 28.0. The number of esters is 1. The van der Waals surface area contributed by atoms with Crippen molar-refractivity contribution in [3.05, 3.63) is 113 Å². The number of alkyl halides is 6. The minimum Gasteiger partial charge on any atom is -0.744 e. The maximum Gasteiger partial charge on any atom is 0.417 e. The van der Waals surface area contributed by atoms with Crippen LogP contribution in [0.1, 0.15) is 43.0 Å². The molecule has 14 heteroatoms. The van der Waals surface area contributed by atoms with E-state index in [0.717, 1.165) is 11.1 Å². The molecule has 0 fully saturated rings. The number of benzene rings is 4. The first-order valence-corrected chi connectivity index (χ1v) is 16.8. The largest absolute Gasteiger partial charge is 0.744 e. The van der Waals surface area contributed by atoms with Crippen molar-refractivity contribution in [2.45, 2.75) is 72.2 Å². The molecule has 0 saturated heterocycles. The number of hydrogen-bond donors (Lipinski definition) is 0. The third kappa shape index (κ3) is 10.8. The summed E-state index contributed by atoms with van der Waals surface area (Å²) < 4.78 is 116. The number of hydrogen-bond acceptors (Lipinski definition) is 6. The Labute approximate surface area is 277 Å². The molecule has 4 aromatic rings. The Morgan fingerprint density at radius 2 is 1.23 bits per heavy atom. The molecule has 48 heavy (non-hydrogen) atoms. The monoisotopic (exact) mass is 714 g/mol. The predicted molar refractivity (Wildman–Crippen MR) is 167 cm³/mol. The Hall–Kier alpha value is -4.01. The fraction of sp³-hybridized carbons (Fsp3) is 0.265. The first-order valence-electron chi connectivity index (χ1n) is 14.1. The van der Waals surface area contributed by atoms with Crippen LogP contribution >= 0.6 is 0 Å². The van der Waals surface area contributed by atoms with Gasteiger partial charge in [0.1, 0.15) is 21.5 Å². The summed E-state index contributed by atoms with van der Waals surface area (Å²) in [6.45, 7) is 9.66. The normalized spacial score (nSPS) is 12.3. The van der Waals surface area contributed by atoms with Gasteiger partial charge in [0, 0.05) is 11.1 Å². The molecule has 0 unspecified atom stereocenters. The van der Waals surface area contributed by atoms with Gasteiger partial charge in [-0.1, -0.05) is 36.4 Å². The van der Waals surface area contributed by atoms with Crippen LogP contribution in [-0.2, 0) is 42.9 Å². The van der Waals surface area contributed by atoms with Crippen LogP contribution in [0, 0.1) is 13.8 Å². The highest BCUT2D eigenvalue weighted by molar-refractivity contribution is 7.97. The van der Waals surface area contributed by atoms with Crippen LogP contribution < -0.4 is 4.74 Å². The Morgan fingerprint density at radius 1 is 0.750 bits per heavy atom. The average Bonchev–Trinajstić information content (AvgIpc) is 2.96. The van der Waals surface area contributed by atoms with Crippen molar-refractivity contribution in [2.24, 2.45) is 0 Å². The van der Waals surface area contributed by atoms with Gasteiger partial charge >= 0.3 is 18.3 Å². The van der Waals surface area contributed by atoms with Gasteiger partial charge in [-0.2, -0.15) is 26.3 Å². The summed E-state index contributed by atoms with van der Waals surface area (Å²) in [5.74, 6) is 0.319. The Kier molecular flexibility index (Phi) is 12.0. The van der Waals surface area contributed by atoms with Crippen molar-refractivity contribution in [3.8, 4) is 5.75 Å². The number of rotatable bonds is 7. The van der Waals surface area contributed by atoms with E-state index in [2.05, 4.69) is 62.4 Å². The summed E-state index contributed by atoms with van der Waals surface area (Å²) in [7, 11) is -5.74. The SMILES string of the molecule is Cc1cc(OCC(=O)OC(C)(C)C)cc(C)c1[S+](c1ccccc1)c1ccccc1.O=S(=O)([O-])c1ccc(C(F)(F)F)cc1C(F)(F)F. The number of ether oxygens (including phenoxy) is 2. The first-order chi connectivity index (χ1) is 22.1. The van der Waals surface area contributed by atoms with E-state index in [4.69, 9.17) is 9.47 Å². The molecule has 0 aromatic heterocycles. The van der Waals surface area contributed by atoms with Crippen LogP contribution in [0.4, 0.5) is 26.3 Å². The van der Waals surface area contributed by atoms with Crippen molar-refractivity contribution in [1.82, 2.24) is 0 Å². The quantitative estimate of drug-likeness (QED) is 0.0823. The second-order valence-corrected chi connectivity index (χ2v) is 14.7. The maximum absolute atomic E-state index is 12.4. The molecule has 0 aliphatic heterocycles. The van der Waals surface area contributed by atoms with Crippen LogP contribution in [0.5, 0.6) is 5.75 Å². The summed E-state index contributed by atoms with van der Waals surface area (Å²) >= 11 is 0. The number of aryl methyl sites for hydroxylation is 2. The minimum atomic E-state index is -5.52. The standard InChI is InChI=1S/C26H29O3S.C8H4F6O3S/c1-19-16-21(28-18-24(27)29-26(3,4)5)17-20(2)25(19)30(22-12-8-6-9-13-22)23-14-10-7-11-15-23;9-7(10,11)4-1-2-6(18(15,16)17)5(3-4)8(12,13)14/h6-17H,18H2,1-5H3;1-3H,(H,15,16,17)/q+1;/p-1. The van der Waals surface area contributed by atoms with Crippen molar-refractivity contribution in [3.63, 3.8) is 0 Å².